The predicted molar refractivity (Wildman–Crippen MR) is 70.9 cm³/mol. The highest BCUT2D eigenvalue weighted by molar-refractivity contribution is 5.82. The van der Waals surface area contributed by atoms with E-state index in [4.69, 9.17) is 5.73 Å². The van der Waals surface area contributed by atoms with Crippen LogP contribution in [0.3, 0.4) is 0 Å². The number of nitrogens with two attached hydrogens (primary N) is 1. The second kappa shape index (κ2) is 5.69. The van der Waals surface area contributed by atoms with Gasteiger partial charge in [0.05, 0.1) is 6.04 Å². The summed E-state index contributed by atoms with van der Waals surface area (Å²) >= 11 is 0. The van der Waals surface area contributed by atoms with E-state index >= 15 is 0 Å². The van der Waals surface area contributed by atoms with Crippen molar-refractivity contribution in [2.45, 2.75) is 40.2 Å². The van der Waals surface area contributed by atoms with Gasteiger partial charge in [-0.3, -0.25) is 9.59 Å². The molecule has 0 aromatic rings. The SMILES string of the molecule is CC(=O)N1CCCN(C(=O)[C@H](N)C(C)(C)C)CC1. The average molecular weight is 255 g/mol. The Kier molecular flexibility index (Phi) is 4.73. The van der Waals surface area contributed by atoms with E-state index in [2.05, 4.69) is 0 Å². The third-order valence-electron chi connectivity index (χ3n) is 3.45. The Morgan fingerprint density at radius 2 is 1.56 bits per heavy atom. The number of amides is 2. The lowest BCUT2D eigenvalue weighted by atomic mass is 9.86. The maximum absolute atomic E-state index is 12.3. The van der Waals surface area contributed by atoms with Crippen molar-refractivity contribution in [1.29, 1.82) is 0 Å². The average Bonchev–Trinajstić information content (AvgIpc) is 2.51. The molecular weight excluding hydrogens is 230 g/mol. The molecular formula is C13H25N3O2. The molecule has 2 amide bonds. The highest BCUT2D eigenvalue weighted by atomic mass is 16.2. The van der Waals surface area contributed by atoms with E-state index in [1.54, 1.807) is 16.7 Å². The van der Waals surface area contributed by atoms with E-state index < -0.39 is 6.04 Å². The Labute approximate surface area is 109 Å². The van der Waals surface area contributed by atoms with Crippen LogP contribution in [0, 0.1) is 5.41 Å². The minimum Gasteiger partial charge on any atom is -0.341 e. The number of hydrogen-bond acceptors (Lipinski definition) is 3. The Morgan fingerprint density at radius 1 is 1.06 bits per heavy atom. The van der Waals surface area contributed by atoms with Crippen molar-refractivity contribution in [1.82, 2.24) is 9.80 Å². The van der Waals surface area contributed by atoms with Crippen molar-refractivity contribution < 1.29 is 9.59 Å². The van der Waals surface area contributed by atoms with Gasteiger partial charge in [0.2, 0.25) is 11.8 Å². The van der Waals surface area contributed by atoms with Crippen molar-refractivity contribution in [3.05, 3.63) is 0 Å². The van der Waals surface area contributed by atoms with Crippen LogP contribution in [0.1, 0.15) is 34.1 Å². The van der Waals surface area contributed by atoms with E-state index in [9.17, 15) is 9.59 Å². The summed E-state index contributed by atoms with van der Waals surface area (Å²) in [5.74, 6) is 0.0670. The molecule has 2 N–H and O–H groups in total. The van der Waals surface area contributed by atoms with Gasteiger partial charge in [-0.25, -0.2) is 0 Å². The summed E-state index contributed by atoms with van der Waals surface area (Å²) in [6.45, 7) is 10.1. The van der Waals surface area contributed by atoms with Gasteiger partial charge in [-0.05, 0) is 11.8 Å². The van der Waals surface area contributed by atoms with Gasteiger partial charge >= 0.3 is 0 Å². The summed E-state index contributed by atoms with van der Waals surface area (Å²) in [5.41, 5.74) is 5.77. The Morgan fingerprint density at radius 3 is 2.06 bits per heavy atom. The molecule has 1 heterocycles. The monoisotopic (exact) mass is 255 g/mol. The van der Waals surface area contributed by atoms with Crippen molar-refractivity contribution in [3.63, 3.8) is 0 Å². The van der Waals surface area contributed by atoms with Crippen LogP contribution in [0.25, 0.3) is 0 Å². The molecule has 104 valence electrons. The van der Waals surface area contributed by atoms with Gasteiger partial charge in [-0.1, -0.05) is 20.8 Å². The normalized spacial score (nSPS) is 19.4. The molecule has 0 unspecified atom stereocenters. The molecule has 0 radical (unpaired) electrons. The zero-order chi connectivity index (χ0) is 13.9. The quantitative estimate of drug-likeness (QED) is 0.739. The van der Waals surface area contributed by atoms with Crippen LogP contribution < -0.4 is 5.73 Å². The molecule has 0 aromatic carbocycles. The van der Waals surface area contributed by atoms with Crippen molar-refractivity contribution in [2.24, 2.45) is 11.1 Å². The van der Waals surface area contributed by atoms with Gasteiger partial charge in [-0.2, -0.15) is 0 Å². The molecule has 1 saturated heterocycles. The number of hydrogen-bond donors (Lipinski definition) is 1. The van der Waals surface area contributed by atoms with E-state index in [1.807, 2.05) is 20.8 Å². The number of carbonyl (C=O) groups excluding carboxylic acids is 2. The van der Waals surface area contributed by atoms with Gasteiger partial charge in [0, 0.05) is 33.1 Å². The van der Waals surface area contributed by atoms with Crippen molar-refractivity contribution in [2.75, 3.05) is 26.2 Å². The molecule has 0 spiro atoms. The fourth-order valence-corrected chi connectivity index (χ4v) is 2.02. The van der Waals surface area contributed by atoms with Crippen LogP contribution in [0.5, 0.6) is 0 Å². The lowest BCUT2D eigenvalue weighted by Gasteiger charge is -2.31. The topological polar surface area (TPSA) is 66.6 Å². The van der Waals surface area contributed by atoms with Crippen molar-refractivity contribution >= 4 is 11.8 Å². The molecule has 1 fully saturated rings. The largest absolute Gasteiger partial charge is 0.341 e. The first kappa shape index (κ1) is 15.0. The second-order valence-electron chi connectivity index (χ2n) is 6.03. The Balaban J connectivity index is 2.63. The molecule has 5 nitrogen and oxygen atoms in total. The minimum absolute atomic E-state index is 0.00657. The Hall–Kier alpha value is -1.10. The molecule has 0 saturated carbocycles. The van der Waals surface area contributed by atoms with E-state index in [-0.39, 0.29) is 17.2 Å². The highest BCUT2D eigenvalue weighted by Gasteiger charge is 2.31. The van der Waals surface area contributed by atoms with E-state index in [0.717, 1.165) is 13.0 Å². The zero-order valence-electron chi connectivity index (χ0n) is 11.9. The third kappa shape index (κ3) is 3.70. The summed E-state index contributed by atoms with van der Waals surface area (Å²) in [6, 6.07) is -0.485. The van der Waals surface area contributed by atoms with Crippen molar-refractivity contribution in [3.8, 4) is 0 Å². The molecule has 0 aromatic heterocycles. The van der Waals surface area contributed by atoms with Gasteiger partial charge in [0.1, 0.15) is 0 Å². The van der Waals surface area contributed by atoms with Crippen LogP contribution >= 0.6 is 0 Å². The first-order chi connectivity index (χ1) is 8.23. The third-order valence-corrected chi connectivity index (χ3v) is 3.45. The number of carbonyl (C=O) groups is 2. The summed E-state index contributed by atoms with van der Waals surface area (Å²) in [6.07, 6.45) is 0.822. The second-order valence-corrected chi connectivity index (χ2v) is 6.03. The van der Waals surface area contributed by atoms with E-state index in [0.29, 0.717) is 19.6 Å². The van der Waals surface area contributed by atoms with Gasteiger partial charge < -0.3 is 15.5 Å². The van der Waals surface area contributed by atoms with Gasteiger partial charge in [-0.15, -0.1) is 0 Å². The first-order valence-electron chi connectivity index (χ1n) is 6.53. The Bertz CT molecular complexity index is 323. The molecule has 0 bridgehead atoms. The van der Waals surface area contributed by atoms with E-state index in [1.165, 1.54) is 0 Å². The van der Waals surface area contributed by atoms with Crippen LogP contribution in [-0.2, 0) is 9.59 Å². The molecule has 5 heteroatoms. The molecule has 18 heavy (non-hydrogen) atoms. The number of nitrogens with zero attached hydrogens (tertiary/aromatic N) is 2. The number of rotatable bonds is 1. The predicted octanol–water partition coefficient (Wildman–Crippen LogP) is 0.441. The fraction of sp³-hybridized carbons (Fsp3) is 0.846. The summed E-state index contributed by atoms with van der Waals surface area (Å²) in [7, 11) is 0. The maximum atomic E-state index is 12.3. The molecule has 0 aliphatic carbocycles. The lowest BCUT2D eigenvalue weighted by molar-refractivity contribution is -0.135. The molecule has 1 atom stereocenters. The molecule has 1 aliphatic heterocycles. The first-order valence-corrected chi connectivity index (χ1v) is 6.53. The zero-order valence-corrected chi connectivity index (χ0v) is 11.9. The van der Waals surface area contributed by atoms with Crippen LogP contribution in [0.2, 0.25) is 0 Å². The van der Waals surface area contributed by atoms with Crippen LogP contribution in [0.15, 0.2) is 0 Å². The summed E-state index contributed by atoms with van der Waals surface area (Å²) in [5, 5.41) is 0. The molecule has 1 rings (SSSR count). The minimum atomic E-state index is -0.485. The summed E-state index contributed by atoms with van der Waals surface area (Å²) < 4.78 is 0. The smallest absolute Gasteiger partial charge is 0.240 e. The summed E-state index contributed by atoms with van der Waals surface area (Å²) in [4.78, 5) is 27.2. The maximum Gasteiger partial charge on any atom is 0.240 e. The fourth-order valence-electron chi connectivity index (χ4n) is 2.02. The molecule has 1 aliphatic rings. The standard InChI is InChI=1S/C13H25N3O2/c1-10(17)15-6-5-7-16(9-8-15)12(18)11(14)13(2,3)4/h11H,5-9,14H2,1-4H3/t11-/m0/s1. The lowest BCUT2D eigenvalue weighted by Crippen LogP contribution is -2.51. The highest BCUT2D eigenvalue weighted by Crippen LogP contribution is 2.19. The van der Waals surface area contributed by atoms with Crippen LogP contribution in [-0.4, -0.2) is 53.8 Å². The van der Waals surface area contributed by atoms with Crippen LogP contribution in [0.4, 0.5) is 0 Å². The van der Waals surface area contributed by atoms with Gasteiger partial charge in [0.15, 0.2) is 0 Å². The van der Waals surface area contributed by atoms with Gasteiger partial charge in [0.25, 0.3) is 0 Å².